The van der Waals surface area contributed by atoms with Gasteiger partial charge in [-0.05, 0) is 12.8 Å². The SMILES string of the molecule is NC(CCCO)(P=O)C(=O)O. The largest absolute Gasteiger partial charge is 0.479 e. The number of carboxylic acid groups (broad SMARTS) is 1. The Morgan fingerprint density at radius 3 is 2.45 bits per heavy atom. The molecule has 0 saturated carbocycles. The number of rotatable bonds is 5. The van der Waals surface area contributed by atoms with Crippen LogP contribution in [0.2, 0.25) is 0 Å². The first-order valence-corrected chi connectivity index (χ1v) is 3.85. The van der Waals surface area contributed by atoms with Gasteiger partial charge in [0.05, 0.1) is 0 Å². The van der Waals surface area contributed by atoms with Gasteiger partial charge in [-0.25, -0.2) is 4.79 Å². The van der Waals surface area contributed by atoms with Crippen molar-refractivity contribution >= 4 is 14.4 Å². The van der Waals surface area contributed by atoms with Gasteiger partial charge in [0.15, 0.2) is 13.7 Å². The minimum atomic E-state index is -1.73. The van der Waals surface area contributed by atoms with E-state index in [2.05, 4.69) is 0 Å². The average molecular weight is 179 g/mol. The third kappa shape index (κ3) is 2.93. The lowest BCUT2D eigenvalue weighted by molar-refractivity contribution is -0.140. The lowest BCUT2D eigenvalue weighted by Crippen LogP contribution is -2.42. The molecule has 0 amide bonds. The normalized spacial score (nSPS) is 16.2. The van der Waals surface area contributed by atoms with Crippen LogP contribution in [-0.2, 0) is 9.36 Å². The fourth-order valence-electron chi connectivity index (χ4n) is 0.540. The van der Waals surface area contributed by atoms with Crippen LogP contribution in [0, 0.1) is 0 Å². The summed E-state index contributed by atoms with van der Waals surface area (Å²) in [6.45, 7) is -0.151. The van der Waals surface area contributed by atoms with Crippen LogP contribution in [0.4, 0.5) is 0 Å². The summed E-state index contributed by atoms with van der Waals surface area (Å²) in [6.07, 6.45) is 0.238. The topological polar surface area (TPSA) is 101 Å². The van der Waals surface area contributed by atoms with Gasteiger partial charge in [0, 0.05) is 6.61 Å². The second-order valence-electron chi connectivity index (χ2n) is 2.15. The van der Waals surface area contributed by atoms with E-state index in [0.717, 1.165) is 0 Å². The Morgan fingerprint density at radius 1 is 1.64 bits per heavy atom. The van der Waals surface area contributed by atoms with Crippen LogP contribution < -0.4 is 5.73 Å². The predicted molar refractivity (Wildman–Crippen MR) is 38.5 cm³/mol. The van der Waals surface area contributed by atoms with Crippen molar-refractivity contribution in [3.05, 3.63) is 0 Å². The molecule has 0 aromatic rings. The first kappa shape index (κ1) is 10.5. The van der Waals surface area contributed by atoms with E-state index in [1.54, 1.807) is 0 Å². The molecule has 0 aliphatic carbocycles. The summed E-state index contributed by atoms with van der Waals surface area (Å²) in [5.74, 6) is -1.32. The van der Waals surface area contributed by atoms with Crippen molar-refractivity contribution in [2.24, 2.45) is 5.73 Å². The minimum Gasteiger partial charge on any atom is -0.479 e. The number of carbonyl (C=O) groups is 1. The Morgan fingerprint density at radius 2 is 2.18 bits per heavy atom. The van der Waals surface area contributed by atoms with Crippen molar-refractivity contribution in [1.29, 1.82) is 0 Å². The molecule has 0 aliphatic rings. The van der Waals surface area contributed by atoms with Crippen molar-refractivity contribution in [3.8, 4) is 0 Å². The van der Waals surface area contributed by atoms with Gasteiger partial charge in [-0.15, -0.1) is 0 Å². The molecule has 0 spiro atoms. The summed E-state index contributed by atoms with van der Waals surface area (Å²) < 4.78 is 10.3. The molecule has 4 N–H and O–H groups in total. The number of aliphatic hydroxyl groups excluding tert-OH is 1. The molecule has 0 aromatic carbocycles. The average Bonchev–Trinajstić information content (AvgIpc) is 2.00. The molecular weight excluding hydrogens is 169 g/mol. The maximum absolute atomic E-state index is 10.3. The summed E-state index contributed by atoms with van der Waals surface area (Å²) in [5, 5.41) is 15.1. The molecule has 0 rings (SSSR count). The second kappa shape index (κ2) is 4.38. The van der Waals surface area contributed by atoms with Crippen LogP contribution in [-0.4, -0.2) is 28.1 Å². The van der Waals surface area contributed by atoms with Gasteiger partial charge in [-0.1, -0.05) is 0 Å². The lowest BCUT2D eigenvalue weighted by Gasteiger charge is -2.14. The van der Waals surface area contributed by atoms with Gasteiger partial charge in [0.2, 0.25) is 0 Å². The van der Waals surface area contributed by atoms with Crippen molar-refractivity contribution in [2.45, 2.75) is 18.1 Å². The van der Waals surface area contributed by atoms with E-state index in [0.29, 0.717) is 0 Å². The Bertz CT molecular complexity index is 163. The summed E-state index contributed by atoms with van der Waals surface area (Å²) >= 11 is 0. The van der Waals surface area contributed by atoms with E-state index in [1.807, 2.05) is 0 Å². The lowest BCUT2D eigenvalue weighted by atomic mass is 10.2. The molecule has 1 unspecified atom stereocenters. The molecule has 0 heterocycles. The maximum Gasteiger partial charge on any atom is 0.335 e. The minimum absolute atomic E-state index is 0.00386. The number of hydrogen-bond acceptors (Lipinski definition) is 4. The van der Waals surface area contributed by atoms with Gasteiger partial charge < -0.3 is 15.9 Å². The summed E-state index contributed by atoms with van der Waals surface area (Å²) in [4.78, 5) is 10.3. The zero-order valence-electron chi connectivity index (χ0n) is 5.86. The first-order valence-electron chi connectivity index (χ1n) is 3.04. The standard InChI is InChI=1S/C5H10NO4P/c6-5(11-10,4(8)9)2-1-3-7/h7H,1-3,6H2,(H,8,9). The third-order valence-electron chi connectivity index (χ3n) is 1.25. The number of hydrogen-bond donors (Lipinski definition) is 3. The highest BCUT2D eigenvalue weighted by molar-refractivity contribution is 7.27. The molecule has 0 radical (unpaired) electrons. The van der Waals surface area contributed by atoms with Crippen LogP contribution in [0.3, 0.4) is 0 Å². The Balaban J connectivity index is 4.10. The Hall–Kier alpha value is -0.510. The van der Waals surface area contributed by atoms with Crippen molar-refractivity contribution in [1.82, 2.24) is 0 Å². The van der Waals surface area contributed by atoms with Crippen LogP contribution in [0.1, 0.15) is 12.8 Å². The van der Waals surface area contributed by atoms with Gasteiger partial charge in [-0.3, -0.25) is 4.57 Å². The monoisotopic (exact) mass is 179 g/mol. The van der Waals surface area contributed by atoms with E-state index in [-0.39, 0.29) is 19.4 Å². The molecule has 1 atom stereocenters. The fourth-order valence-corrected chi connectivity index (χ4v) is 0.868. The zero-order valence-corrected chi connectivity index (χ0v) is 6.75. The fraction of sp³-hybridized carbons (Fsp3) is 0.800. The Labute approximate surface area is 65.4 Å². The van der Waals surface area contributed by atoms with Gasteiger partial charge >= 0.3 is 5.97 Å². The highest BCUT2D eigenvalue weighted by atomic mass is 31.1. The van der Waals surface area contributed by atoms with Crippen LogP contribution in [0.15, 0.2) is 0 Å². The summed E-state index contributed by atoms with van der Waals surface area (Å²) in [6, 6.07) is 0. The highest BCUT2D eigenvalue weighted by Crippen LogP contribution is 2.22. The molecule has 6 heteroatoms. The first-order chi connectivity index (χ1) is 5.06. The second-order valence-corrected chi connectivity index (χ2v) is 3.13. The molecule has 0 saturated heterocycles. The number of carboxylic acids is 1. The molecule has 0 aromatic heterocycles. The van der Waals surface area contributed by atoms with Gasteiger partial charge in [-0.2, -0.15) is 0 Å². The quantitative estimate of drug-likeness (QED) is 0.507. The van der Waals surface area contributed by atoms with E-state index in [9.17, 15) is 9.36 Å². The van der Waals surface area contributed by atoms with Gasteiger partial charge in [0.1, 0.15) is 0 Å². The van der Waals surface area contributed by atoms with Gasteiger partial charge in [0.25, 0.3) is 0 Å². The molecule has 0 fully saturated rings. The van der Waals surface area contributed by atoms with Crippen LogP contribution in [0.5, 0.6) is 0 Å². The van der Waals surface area contributed by atoms with Crippen molar-refractivity contribution in [2.75, 3.05) is 6.61 Å². The molecule has 0 aliphatic heterocycles. The molecule has 11 heavy (non-hydrogen) atoms. The van der Waals surface area contributed by atoms with E-state index >= 15 is 0 Å². The number of aliphatic hydroxyl groups is 1. The molecule has 0 bridgehead atoms. The van der Waals surface area contributed by atoms with Crippen LogP contribution >= 0.6 is 8.46 Å². The number of nitrogens with two attached hydrogens (primary N) is 1. The molecule has 64 valence electrons. The summed E-state index contributed by atoms with van der Waals surface area (Å²) in [7, 11) is -0.627. The van der Waals surface area contributed by atoms with Crippen molar-refractivity contribution in [3.63, 3.8) is 0 Å². The Kier molecular flexibility index (Phi) is 4.18. The smallest absolute Gasteiger partial charge is 0.335 e. The van der Waals surface area contributed by atoms with E-state index < -0.39 is 19.7 Å². The molecular formula is C5H10NO4P. The third-order valence-corrected chi connectivity index (χ3v) is 1.99. The molecule has 5 nitrogen and oxygen atoms in total. The van der Waals surface area contributed by atoms with E-state index in [4.69, 9.17) is 15.9 Å². The maximum atomic E-state index is 10.3. The zero-order chi connectivity index (χ0) is 8.91. The number of aliphatic carboxylic acids is 1. The predicted octanol–water partition coefficient (Wildman–Crippen LogP) is -0.210. The summed E-state index contributed by atoms with van der Waals surface area (Å²) in [5.41, 5.74) is 5.19. The van der Waals surface area contributed by atoms with Crippen LogP contribution in [0.25, 0.3) is 0 Å². The highest BCUT2D eigenvalue weighted by Gasteiger charge is 2.34. The van der Waals surface area contributed by atoms with E-state index in [1.165, 1.54) is 0 Å². The van der Waals surface area contributed by atoms with Crippen molar-refractivity contribution < 1.29 is 19.6 Å².